The molecule has 3 heterocycles. The zero-order chi connectivity index (χ0) is 33.3. The van der Waals surface area contributed by atoms with Crippen LogP contribution in [0.2, 0.25) is 0 Å². The van der Waals surface area contributed by atoms with E-state index < -0.39 is 0 Å². The normalized spacial score (nSPS) is 15.7. The lowest BCUT2D eigenvalue weighted by Crippen LogP contribution is -2.39. The minimum absolute atomic E-state index is 0.0755. The Morgan fingerprint density at radius 3 is 2.36 bits per heavy atom. The van der Waals surface area contributed by atoms with E-state index in [0.29, 0.717) is 61.1 Å². The third-order valence-corrected chi connectivity index (χ3v) is 8.96. The molecule has 1 aliphatic heterocycles. The third kappa shape index (κ3) is 8.93. The molecule has 47 heavy (non-hydrogen) atoms. The topological polar surface area (TPSA) is 103 Å². The minimum atomic E-state index is -0.151. The van der Waals surface area contributed by atoms with Crippen molar-refractivity contribution in [3.8, 4) is 17.5 Å². The summed E-state index contributed by atoms with van der Waals surface area (Å²) in [5.74, 6) is 2.79. The fourth-order valence-electron chi connectivity index (χ4n) is 6.31. The first-order valence-corrected chi connectivity index (χ1v) is 16.8. The van der Waals surface area contributed by atoms with Crippen LogP contribution in [0.5, 0.6) is 17.5 Å². The summed E-state index contributed by atoms with van der Waals surface area (Å²) >= 11 is 0. The number of piperidine rings is 1. The van der Waals surface area contributed by atoms with E-state index in [1.54, 1.807) is 32.7 Å². The fourth-order valence-corrected chi connectivity index (χ4v) is 6.31. The number of amides is 1. The highest BCUT2D eigenvalue weighted by atomic mass is 16.5. The molecule has 1 atom stereocenters. The maximum Gasteiger partial charge on any atom is 0.306 e. The molecule has 1 unspecified atom stereocenters. The monoisotopic (exact) mass is 644 g/mol. The van der Waals surface area contributed by atoms with Crippen LogP contribution in [0.1, 0.15) is 74.7 Å². The van der Waals surface area contributed by atoms with Crippen LogP contribution in [0.15, 0.2) is 54.9 Å². The van der Waals surface area contributed by atoms with Crippen LogP contribution in [0, 0.1) is 17.8 Å². The quantitative estimate of drug-likeness (QED) is 0.171. The van der Waals surface area contributed by atoms with Gasteiger partial charge in [0.1, 0.15) is 5.75 Å². The number of nitrogens with zero attached hydrogens (tertiary/aromatic N) is 4. The van der Waals surface area contributed by atoms with Gasteiger partial charge in [0.05, 0.1) is 50.8 Å². The van der Waals surface area contributed by atoms with Gasteiger partial charge in [0, 0.05) is 50.2 Å². The predicted octanol–water partition coefficient (Wildman–Crippen LogP) is 6.54. The molecule has 2 aliphatic rings. The zero-order valence-electron chi connectivity index (χ0n) is 28.3. The Morgan fingerprint density at radius 2 is 1.68 bits per heavy atom. The molecular formula is C37H48N4O6. The maximum absolute atomic E-state index is 14.2. The van der Waals surface area contributed by atoms with Gasteiger partial charge >= 0.3 is 5.97 Å². The van der Waals surface area contributed by atoms with E-state index in [-0.39, 0.29) is 23.7 Å². The lowest BCUT2D eigenvalue weighted by molar-refractivity contribution is -0.143. The van der Waals surface area contributed by atoms with Gasteiger partial charge in [-0.05, 0) is 86.1 Å². The van der Waals surface area contributed by atoms with Crippen molar-refractivity contribution < 1.29 is 28.5 Å². The highest BCUT2D eigenvalue weighted by Gasteiger charge is 2.34. The molecule has 1 aromatic carbocycles. The molecule has 1 saturated heterocycles. The van der Waals surface area contributed by atoms with E-state index in [0.717, 1.165) is 55.7 Å². The molecule has 0 bridgehead atoms. The Balaban J connectivity index is 1.25. The lowest BCUT2D eigenvalue weighted by atomic mass is 9.92. The molecule has 10 nitrogen and oxygen atoms in total. The van der Waals surface area contributed by atoms with Crippen LogP contribution in [-0.4, -0.2) is 68.9 Å². The number of ether oxygens (including phenoxy) is 4. The van der Waals surface area contributed by atoms with Crippen molar-refractivity contribution in [2.75, 3.05) is 56.9 Å². The maximum atomic E-state index is 14.2. The Bertz CT molecular complexity index is 1500. The third-order valence-electron chi connectivity index (χ3n) is 8.96. The molecule has 10 heteroatoms. The van der Waals surface area contributed by atoms with Crippen LogP contribution in [-0.2, 0) is 9.53 Å². The molecule has 1 amide bonds. The SMILES string of the molecule is CCOC(=O)CC(c1ccnc(OCC2CCN(c3cc(OC)ccc3C(=O)N(CC(C)C)c3ccnc(OC)c3)CC2)c1)C1CC1. The Hall–Kier alpha value is -4.34. The summed E-state index contributed by atoms with van der Waals surface area (Å²) < 4.78 is 22.4. The minimum Gasteiger partial charge on any atom is -0.497 e. The van der Waals surface area contributed by atoms with Gasteiger partial charge in [-0.1, -0.05) is 13.8 Å². The van der Waals surface area contributed by atoms with Crippen LogP contribution in [0.4, 0.5) is 11.4 Å². The molecule has 2 fully saturated rings. The van der Waals surface area contributed by atoms with Gasteiger partial charge in [0.25, 0.3) is 5.91 Å². The molecule has 1 saturated carbocycles. The van der Waals surface area contributed by atoms with Crippen molar-refractivity contribution in [3.63, 3.8) is 0 Å². The number of carbonyl (C=O) groups excluding carboxylic acids is 2. The fraction of sp³-hybridized carbons (Fsp3) is 0.514. The second-order valence-electron chi connectivity index (χ2n) is 12.9. The van der Waals surface area contributed by atoms with Gasteiger partial charge in [-0.25, -0.2) is 9.97 Å². The van der Waals surface area contributed by atoms with Crippen LogP contribution in [0.25, 0.3) is 0 Å². The molecule has 0 spiro atoms. The van der Waals surface area contributed by atoms with Crippen molar-refractivity contribution in [1.82, 2.24) is 9.97 Å². The first-order chi connectivity index (χ1) is 22.8. The average Bonchev–Trinajstić information content (AvgIpc) is 3.94. The summed E-state index contributed by atoms with van der Waals surface area (Å²) in [5, 5.41) is 0. The number of hydrogen-bond donors (Lipinski definition) is 0. The number of carbonyl (C=O) groups is 2. The van der Waals surface area contributed by atoms with E-state index in [1.165, 1.54) is 0 Å². The second kappa shape index (κ2) is 16.0. The van der Waals surface area contributed by atoms with E-state index >= 15 is 0 Å². The molecule has 2 aromatic heterocycles. The number of pyridine rings is 2. The summed E-state index contributed by atoms with van der Waals surface area (Å²) in [7, 11) is 3.22. The second-order valence-corrected chi connectivity index (χ2v) is 12.9. The van der Waals surface area contributed by atoms with E-state index in [4.69, 9.17) is 18.9 Å². The van der Waals surface area contributed by atoms with Gasteiger partial charge in [0.2, 0.25) is 11.8 Å². The largest absolute Gasteiger partial charge is 0.497 e. The average molecular weight is 645 g/mol. The van der Waals surface area contributed by atoms with Gasteiger partial charge in [-0.15, -0.1) is 0 Å². The molecular weight excluding hydrogens is 596 g/mol. The summed E-state index contributed by atoms with van der Waals surface area (Å²) in [6.45, 7) is 9.11. The molecule has 3 aromatic rings. The molecule has 5 rings (SSSR count). The first kappa shape index (κ1) is 34.0. The number of anilines is 2. The van der Waals surface area contributed by atoms with Gasteiger partial charge in [-0.3, -0.25) is 9.59 Å². The summed E-state index contributed by atoms with van der Waals surface area (Å²) in [6.07, 6.45) is 7.93. The molecule has 252 valence electrons. The van der Waals surface area contributed by atoms with Gasteiger partial charge in [0.15, 0.2) is 0 Å². The number of methoxy groups -OCH3 is 2. The van der Waals surface area contributed by atoms with Crippen LogP contribution in [0.3, 0.4) is 0 Å². The van der Waals surface area contributed by atoms with Crippen molar-refractivity contribution in [3.05, 3.63) is 66.0 Å². The van der Waals surface area contributed by atoms with Crippen LogP contribution >= 0.6 is 0 Å². The van der Waals surface area contributed by atoms with E-state index in [1.807, 2.05) is 48.2 Å². The van der Waals surface area contributed by atoms with E-state index in [2.05, 4.69) is 28.7 Å². The van der Waals surface area contributed by atoms with Gasteiger partial charge < -0.3 is 28.7 Å². The van der Waals surface area contributed by atoms with Crippen molar-refractivity contribution in [2.45, 2.75) is 58.8 Å². The Kier molecular flexibility index (Phi) is 11.6. The van der Waals surface area contributed by atoms with Crippen molar-refractivity contribution in [2.24, 2.45) is 17.8 Å². The predicted molar refractivity (Wildman–Crippen MR) is 182 cm³/mol. The van der Waals surface area contributed by atoms with Gasteiger partial charge in [-0.2, -0.15) is 0 Å². The number of rotatable bonds is 15. The zero-order valence-corrected chi connectivity index (χ0v) is 28.3. The number of benzene rings is 1. The first-order valence-electron chi connectivity index (χ1n) is 16.8. The van der Waals surface area contributed by atoms with Crippen LogP contribution < -0.4 is 24.0 Å². The standard InChI is InChI=1S/C37H48N4O6/c1-6-46-36(42)22-32(27-7-8-27)28-11-15-39-35(19-28)47-24-26-13-17-40(18-14-26)33-21-30(44-4)9-10-31(33)37(43)41(23-25(2)3)29-12-16-38-34(20-29)45-5/h9-12,15-16,19-21,25-27,32H,6-8,13-14,17-18,22-24H2,1-5H3. The highest BCUT2D eigenvalue weighted by Crippen LogP contribution is 2.45. The molecule has 0 radical (unpaired) electrons. The Morgan fingerprint density at radius 1 is 0.936 bits per heavy atom. The summed E-state index contributed by atoms with van der Waals surface area (Å²) in [6, 6.07) is 13.3. The number of hydrogen-bond acceptors (Lipinski definition) is 9. The highest BCUT2D eigenvalue weighted by molar-refractivity contribution is 6.10. The number of aromatic nitrogens is 2. The van der Waals surface area contributed by atoms with Crippen molar-refractivity contribution >= 4 is 23.3 Å². The van der Waals surface area contributed by atoms with Crippen molar-refractivity contribution in [1.29, 1.82) is 0 Å². The number of esters is 1. The lowest BCUT2D eigenvalue weighted by Gasteiger charge is -2.35. The smallest absolute Gasteiger partial charge is 0.306 e. The molecule has 1 aliphatic carbocycles. The summed E-state index contributed by atoms with van der Waals surface area (Å²) in [4.78, 5) is 39.3. The molecule has 0 N–H and O–H groups in total. The van der Waals surface area contributed by atoms with E-state index in [9.17, 15) is 9.59 Å². The Labute approximate surface area is 278 Å². The summed E-state index contributed by atoms with van der Waals surface area (Å²) in [5.41, 5.74) is 3.33.